The lowest BCUT2D eigenvalue weighted by Gasteiger charge is -2.27. The molecule has 0 aliphatic rings. The molecule has 2 aromatic rings. The molecule has 0 saturated carbocycles. The zero-order valence-electron chi connectivity index (χ0n) is 13.1. The third-order valence-electron chi connectivity index (χ3n) is 4.30. The van der Waals surface area contributed by atoms with Gasteiger partial charge in [0.05, 0.1) is 0 Å². The molecule has 20 heavy (non-hydrogen) atoms. The maximum absolute atomic E-state index is 9.94. The van der Waals surface area contributed by atoms with Gasteiger partial charge in [0.25, 0.3) is 0 Å². The minimum Gasteiger partial charge on any atom is -0.507 e. The van der Waals surface area contributed by atoms with E-state index in [4.69, 9.17) is 0 Å². The van der Waals surface area contributed by atoms with E-state index in [9.17, 15) is 5.11 Å². The van der Waals surface area contributed by atoms with Gasteiger partial charge in [-0.05, 0) is 48.1 Å². The minimum atomic E-state index is -0.0600. The number of aryl methyl sites for hydroxylation is 3. The van der Waals surface area contributed by atoms with E-state index >= 15 is 0 Å². The lowest BCUT2D eigenvalue weighted by molar-refractivity contribution is 0.465. The van der Waals surface area contributed by atoms with Crippen LogP contribution in [0.4, 0.5) is 0 Å². The first-order valence-corrected chi connectivity index (χ1v) is 7.26. The van der Waals surface area contributed by atoms with Crippen molar-refractivity contribution in [3.05, 3.63) is 64.2 Å². The quantitative estimate of drug-likeness (QED) is 0.839. The molecule has 1 N–H and O–H groups in total. The van der Waals surface area contributed by atoms with Crippen molar-refractivity contribution in [2.75, 3.05) is 0 Å². The van der Waals surface area contributed by atoms with Gasteiger partial charge in [0.15, 0.2) is 0 Å². The Kier molecular flexibility index (Phi) is 3.89. The highest BCUT2D eigenvalue weighted by Gasteiger charge is 2.24. The van der Waals surface area contributed by atoms with Crippen molar-refractivity contribution in [3.63, 3.8) is 0 Å². The molecule has 1 heteroatoms. The summed E-state index contributed by atoms with van der Waals surface area (Å²) in [4.78, 5) is 0. The topological polar surface area (TPSA) is 20.2 Å². The molecule has 0 aromatic heterocycles. The molecule has 0 aliphatic carbocycles. The molecule has 2 rings (SSSR count). The molecular weight excluding hydrogens is 244 g/mol. The summed E-state index contributed by atoms with van der Waals surface area (Å²) in [7, 11) is 0. The summed E-state index contributed by atoms with van der Waals surface area (Å²) in [6, 6.07) is 13.0. The molecule has 1 nitrogen and oxygen atoms in total. The molecule has 0 saturated heterocycles. The molecule has 106 valence electrons. The lowest BCUT2D eigenvalue weighted by Crippen LogP contribution is -2.19. The van der Waals surface area contributed by atoms with E-state index in [2.05, 4.69) is 57.2 Å². The first-order chi connectivity index (χ1) is 9.36. The molecule has 0 radical (unpaired) electrons. The van der Waals surface area contributed by atoms with Gasteiger partial charge in [-0.1, -0.05) is 57.2 Å². The first-order valence-electron chi connectivity index (χ1n) is 7.26. The van der Waals surface area contributed by atoms with Crippen molar-refractivity contribution in [1.29, 1.82) is 0 Å². The molecule has 0 unspecified atom stereocenters. The van der Waals surface area contributed by atoms with Gasteiger partial charge in [-0.3, -0.25) is 0 Å². The van der Waals surface area contributed by atoms with Crippen LogP contribution in [-0.2, 0) is 11.8 Å². The largest absolute Gasteiger partial charge is 0.507 e. The number of benzene rings is 2. The minimum absolute atomic E-state index is 0.0600. The van der Waals surface area contributed by atoms with Gasteiger partial charge in [0.2, 0.25) is 0 Å². The number of phenolic OH excluding ortho intramolecular Hbond substituents is 1. The highest BCUT2D eigenvalue weighted by molar-refractivity contribution is 5.48. The Bertz CT molecular complexity index is 583. The molecule has 0 fully saturated rings. The Morgan fingerprint density at radius 3 is 1.85 bits per heavy atom. The standard InChI is InChI=1S/C19H24O/c1-6-15-7-9-16(10-8-15)19(4,5)17-11-13(2)18(20)14(3)12-17/h7-12,20H,6H2,1-5H3. The summed E-state index contributed by atoms with van der Waals surface area (Å²) in [5, 5.41) is 9.94. The lowest BCUT2D eigenvalue weighted by atomic mass is 9.77. The molecule has 0 heterocycles. The molecule has 0 amide bonds. The van der Waals surface area contributed by atoms with E-state index in [0.717, 1.165) is 17.5 Å². The van der Waals surface area contributed by atoms with Crippen LogP contribution in [0.2, 0.25) is 0 Å². The monoisotopic (exact) mass is 268 g/mol. The number of aromatic hydroxyl groups is 1. The van der Waals surface area contributed by atoms with Crippen LogP contribution in [0.25, 0.3) is 0 Å². The van der Waals surface area contributed by atoms with Gasteiger partial charge < -0.3 is 5.11 Å². The Morgan fingerprint density at radius 2 is 1.40 bits per heavy atom. The summed E-state index contributed by atoms with van der Waals surface area (Å²) in [5.74, 6) is 0.408. The SMILES string of the molecule is CCc1ccc(C(C)(C)c2cc(C)c(O)c(C)c2)cc1. The molecule has 0 spiro atoms. The number of hydrogen-bond donors (Lipinski definition) is 1. The third-order valence-corrected chi connectivity index (χ3v) is 4.30. The molecule has 0 bridgehead atoms. The highest BCUT2D eigenvalue weighted by Crippen LogP contribution is 2.35. The number of phenols is 1. The molecule has 0 aliphatic heterocycles. The Labute approximate surface area is 122 Å². The Hall–Kier alpha value is -1.76. The number of hydrogen-bond acceptors (Lipinski definition) is 1. The average molecular weight is 268 g/mol. The van der Waals surface area contributed by atoms with Crippen molar-refractivity contribution < 1.29 is 5.11 Å². The van der Waals surface area contributed by atoms with Gasteiger partial charge in [-0.25, -0.2) is 0 Å². The van der Waals surface area contributed by atoms with Crippen molar-refractivity contribution in [2.24, 2.45) is 0 Å². The van der Waals surface area contributed by atoms with E-state index in [1.54, 1.807) is 0 Å². The van der Waals surface area contributed by atoms with Gasteiger partial charge >= 0.3 is 0 Å². The summed E-state index contributed by atoms with van der Waals surface area (Å²) in [6.07, 6.45) is 1.07. The highest BCUT2D eigenvalue weighted by atomic mass is 16.3. The smallest absolute Gasteiger partial charge is 0.121 e. The fourth-order valence-electron chi connectivity index (χ4n) is 2.64. The maximum Gasteiger partial charge on any atom is 0.121 e. The van der Waals surface area contributed by atoms with Crippen molar-refractivity contribution in [1.82, 2.24) is 0 Å². The first kappa shape index (κ1) is 14.6. The summed E-state index contributed by atoms with van der Waals surface area (Å²) in [5.41, 5.74) is 5.74. The fourth-order valence-corrected chi connectivity index (χ4v) is 2.64. The zero-order chi connectivity index (χ0) is 14.9. The van der Waals surface area contributed by atoms with Crippen molar-refractivity contribution in [2.45, 2.75) is 46.5 Å². The van der Waals surface area contributed by atoms with Crippen LogP contribution in [0, 0.1) is 13.8 Å². The van der Waals surface area contributed by atoms with E-state index in [1.165, 1.54) is 16.7 Å². The Morgan fingerprint density at radius 1 is 0.900 bits per heavy atom. The van der Waals surface area contributed by atoms with Crippen LogP contribution in [0.1, 0.15) is 48.6 Å². The van der Waals surface area contributed by atoms with Gasteiger partial charge in [-0.15, -0.1) is 0 Å². The van der Waals surface area contributed by atoms with Crippen molar-refractivity contribution >= 4 is 0 Å². The normalized spacial score (nSPS) is 11.7. The van der Waals surface area contributed by atoms with Crippen LogP contribution in [0.3, 0.4) is 0 Å². The second-order valence-corrected chi connectivity index (χ2v) is 6.13. The molecule has 2 aromatic carbocycles. The van der Waals surface area contributed by atoms with Gasteiger partial charge in [0, 0.05) is 5.41 Å². The molecule has 0 atom stereocenters. The van der Waals surface area contributed by atoms with Crippen LogP contribution in [0.15, 0.2) is 36.4 Å². The third kappa shape index (κ3) is 2.58. The summed E-state index contributed by atoms with van der Waals surface area (Å²) in [6.45, 7) is 10.6. The maximum atomic E-state index is 9.94. The Balaban J connectivity index is 2.48. The van der Waals surface area contributed by atoms with Gasteiger partial charge in [0.1, 0.15) is 5.75 Å². The number of rotatable bonds is 3. The second-order valence-electron chi connectivity index (χ2n) is 6.13. The average Bonchev–Trinajstić information content (AvgIpc) is 2.44. The van der Waals surface area contributed by atoms with Crippen LogP contribution in [0.5, 0.6) is 5.75 Å². The summed E-state index contributed by atoms with van der Waals surface area (Å²) < 4.78 is 0. The van der Waals surface area contributed by atoms with Crippen LogP contribution in [-0.4, -0.2) is 5.11 Å². The van der Waals surface area contributed by atoms with Crippen molar-refractivity contribution in [3.8, 4) is 5.75 Å². The van der Waals surface area contributed by atoms with Crippen LogP contribution >= 0.6 is 0 Å². The fraction of sp³-hybridized carbons (Fsp3) is 0.368. The van der Waals surface area contributed by atoms with Gasteiger partial charge in [-0.2, -0.15) is 0 Å². The second kappa shape index (κ2) is 5.32. The predicted molar refractivity (Wildman–Crippen MR) is 85.5 cm³/mol. The van der Waals surface area contributed by atoms with E-state index < -0.39 is 0 Å². The van der Waals surface area contributed by atoms with E-state index in [0.29, 0.717) is 5.75 Å². The van der Waals surface area contributed by atoms with Crippen LogP contribution < -0.4 is 0 Å². The predicted octanol–water partition coefficient (Wildman–Crippen LogP) is 4.90. The molecular formula is C19H24O. The zero-order valence-corrected chi connectivity index (χ0v) is 13.1. The van der Waals surface area contributed by atoms with E-state index in [-0.39, 0.29) is 5.41 Å². The summed E-state index contributed by atoms with van der Waals surface area (Å²) >= 11 is 0. The van der Waals surface area contributed by atoms with E-state index in [1.807, 2.05) is 13.8 Å².